The number of pyridine rings is 1. The molecule has 0 aromatic carbocycles. The summed E-state index contributed by atoms with van der Waals surface area (Å²) in [6.45, 7) is 6.59. The first-order chi connectivity index (χ1) is 7.22. The zero-order valence-electron chi connectivity index (χ0n) is 9.11. The lowest BCUT2D eigenvalue weighted by atomic mass is 10.3. The van der Waals surface area contributed by atoms with Gasteiger partial charge in [0.1, 0.15) is 5.82 Å². The fourth-order valence-corrected chi connectivity index (χ4v) is 1.67. The first-order valence-electron chi connectivity index (χ1n) is 5.33. The largest absolute Gasteiger partial charge is 0.397 e. The maximum Gasteiger partial charge on any atom is 0.129 e. The summed E-state index contributed by atoms with van der Waals surface area (Å²) in [7, 11) is 0. The molecule has 2 rings (SSSR count). The SMILES string of the molecule is C=CCN(c1ccc(N)c(C)n1)C1CC1. The van der Waals surface area contributed by atoms with Crippen LogP contribution in [0.25, 0.3) is 0 Å². The van der Waals surface area contributed by atoms with Crippen LogP contribution in [0.15, 0.2) is 24.8 Å². The van der Waals surface area contributed by atoms with Crippen molar-refractivity contribution in [1.82, 2.24) is 4.98 Å². The third-order valence-corrected chi connectivity index (χ3v) is 2.72. The maximum atomic E-state index is 5.75. The Bertz CT molecular complexity index is 369. The number of nitrogens with zero attached hydrogens (tertiary/aromatic N) is 2. The molecule has 0 radical (unpaired) electrons. The molecule has 1 aromatic rings. The lowest BCUT2D eigenvalue weighted by Gasteiger charge is -2.22. The highest BCUT2D eigenvalue weighted by Gasteiger charge is 2.29. The topological polar surface area (TPSA) is 42.1 Å². The molecule has 2 N–H and O–H groups in total. The minimum Gasteiger partial charge on any atom is -0.397 e. The third-order valence-electron chi connectivity index (χ3n) is 2.72. The molecule has 0 amide bonds. The zero-order chi connectivity index (χ0) is 10.8. The van der Waals surface area contributed by atoms with Crippen molar-refractivity contribution >= 4 is 11.5 Å². The Balaban J connectivity index is 2.24. The van der Waals surface area contributed by atoms with Crippen LogP contribution in [-0.2, 0) is 0 Å². The lowest BCUT2D eigenvalue weighted by molar-refractivity contribution is 0.838. The van der Waals surface area contributed by atoms with Gasteiger partial charge in [0.25, 0.3) is 0 Å². The van der Waals surface area contributed by atoms with Crippen molar-refractivity contribution in [1.29, 1.82) is 0 Å². The highest BCUT2D eigenvalue weighted by atomic mass is 15.2. The first kappa shape index (κ1) is 10.0. The molecule has 3 nitrogen and oxygen atoms in total. The molecule has 0 unspecified atom stereocenters. The van der Waals surface area contributed by atoms with Gasteiger partial charge in [-0.3, -0.25) is 0 Å². The fourth-order valence-electron chi connectivity index (χ4n) is 1.67. The number of aryl methyl sites for hydroxylation is 1. The molecule has 0 saturated heterocycles. The summed E-state index contributed by atoms with van der Waals surface area (Å²) in [5, 5.41) is 0. The van der Waals surface area contributed by atoms with Crippen molar-refractivity contribution in [2.75, 3.05) is 17.2 Å². The smallest absolute Gasteiger partial charge is 0.129 e. The van der Waals surface area contributed by atoms with Crippen molar-refractivity contribution in [3.05, 3.63) is 30.5 Å². The Kier molecular flexibility index (Phi) is 2.62. The quantitative estimate of drug-likeness (QED) is 0.762. The molecule has 0 atom stereocenters. The van der Waals surface area contributed by atoms with Crippen LogP contribution in [0.5, 0.6) is 0 Å². The van der Waals surface area contributed by atoms with Crippen LogP contribution < -0.4 is 10.6 Å². The summed E-state index contributed by atoms with van der Waals surface area (Å²) in [5.41, 5.74) is 7.42. The van der Waals surface area contributed by atoms with Gasteiger partial charge in [0.05, 0.1) is 11.4 Å². The second kappa shape index (κ2) is 3.93. The van der Waals surface area contributed by atoms with E-state index in [4.69, 9.17) is 5.73 Å². The summed E-state index contributed by atoms with van der Waals surface area (Å²) < 4.78 is 0. The lowest BCUT2D eigenvalue weighted by Crippen LogP contribution is -2.26. The van der Waals surface area contributed by atoms with E-state index in [2.05, 4.69) is 16.5 Å². The Morgan fingerprint density at radius 1 is 1.60 bits per heavy atom. The van der Waals surface area contributed by atoms with Crippen molar-refractivity contribution < 1.29 is 0 Å². The van der Waals surface area contributed by atoms with Crippen LogP contribution in [0.4, 0.5) is 11.5 Å². The number of nitrogens with two attached hydrogens (primary N) is 1. The van der Waals surface area contributed by atoms with Crippen LogP contribution >= 0.6 is 0 Å². The second-order valence-electron chi connectivity index (χ2n) is 4.02. The number of rotatable bonds is 4. The molecule has 0 spiro atoms. The van der Waals surface area contributed by atoms with E-state index >= 15 is 0 Å². The van der Waals surface area contributed by atoms with E-state index in [0.29, 0.717) is 6.04 Å². The van der Waals surface area contributed by atoms with Gasteiger partial charge in [-0.2, -0.15) is 0 Å². The molecule has 0 bridgehead atoms. The molecule has 1 fully saturated rings. The Morgan fingerprint density at radius 3 is 2.87 bits per heavy atom. The summed E-state index contributed by atoms with van der Waals surface area (Å²) in [6.07, 6.45) is 4.45. The standard InChI is InChI=1S/C12H17N3/c1-3-8-15(10-4-5-10)12-7-6-11(13)9(2)14-12/h3,6-7,10H,1,4-5,8,13H2,2H3. The number of hydrogen-bond acceptors (Lipinski definition) is 3. The monoisotopic (exact) mass is 203 g/mol. The highest BCUT2D eigenvalue weighted by molar-refractivity contribution is 5.51. The van der Waals surface area contributed by atoms with Crippen LogP contribution in [0.1, 0.15) is 18.5 Å². The van der Waals surface area contributed by atoms with Crippen LogP contribution in [0.2, 0.25) is 0 Å². The van der Waals surface area contributed by atoms with Gasteiger partial charge >= 0.3 is 0 Å². The van der Waals surface area contributed by atoms with E-state index in [1.54, 1.807) is 0 Å². The summed E-state index contributed by atoms with van der Waals surface area (Å²) in [5.74, 6) is 1.02. The van der Waals surface area contributed by atoms with Gasteiger partial charge in [0.15, 0.2) is 0 Å². The molecule has 1 aliphatic carbocycles. The fraction of sp³-hybridized carbons (Fsp3) is 0.417. The summed E-state index contributed by atoms with van der Waals surface area (Å²) in [6, 6.07) is 4.57. The molecule has 1 aliphatic rings. The van der Waals surface area contributed by atoms with Gasteiger partial charge in [-0.1, -0.05) is 6.08 Å². The van der Waals surface area contributed by atoms with Crippen LogP contribution in [0.3, 0.4) is 0 Å². The zero-order valence-corrected chi connectivity index (χ0v) is 9.11. The molecule has 0 aliphatic heterocycles. The predicted octanol–water partition coefficient (Wildman–Crippen LogP) is 2.13. The van der Waals surface area contributed by atoms with Crippen molar-refractivity contribution in [2.24, 2.45) is 0 Å². The predicted molar refractivity (Wildman–Crippen MR) is 64.0 cm³/mol. The minimum absolute atomic E-state index is 0.651. The van der Waals surface area contributed by atoms with Gasteiger partial charge in [0, 0.05) is 12.6 Å². The minimum atomic E-state index is 0.651. The van der Waals surface area contributed by atoms with Gasteiger partial charge < -0.3 is 10.6 Å². The third kappa shape index (κ3) is 2.12. The molecule has 80 valence electrons. The highest BCUT2D eigenvalue weighted by Crippen LogP contribution is 2.31. The van der Waals surface area contributed by atoms with Crippen molar-refractivity contribution in [3.63, 3.8) is 0 Å². The average Bonchev–Trinajstić information content (AvgIpc) is 3.02. The van der Waals surface area contributed by atoms with Crippen LogP contribution in [-0.4, -0.2) is 17.6 Å². The van der Waals surface area contributed by atoms with Gasteiger partial charge in [-0.15, -0.1) is 6.58 Å². The van der Waals surface area contributed by atoms with E-state index in [1.165, 1.54) is 12.8 Å². The number of nitrogen functional groups attached to an aromatic ring is 1. The molecule has 15 heavy (non-hydrogen) atoms. The van der Waals surface area contributed by atoms with Crippen molar-refractivity contribution in [3.8, 4) is 0 Å². The van der Waals surface area contributed by atoms with E-state index in [0.717, 1.165) is 23.7 Å². The molecule has 1 aromatic heterocycles. The molecular weight excluding hydrogens is 186 g/mol. The van der Waals surface area contributed by atoms with E-state index < -0.39 is 0 Å². The number of aromatic nitrogens is 1. The Labute approximate surface area is 90.6 Å². The van der Waals surface area contributed by atoms with E-state index in [-0.39, 0.29) is 0 Å². The average molecular weight is 203 g/mol. The molecule has 1 saturated carbocycles. The first-order valence-corrected chi connectivity index (χ1v) is 5.33. The van der Waals surface area contributed by atoms with Crippen LogP contribution in [0, 0.1) is 6.92 Å². The van der Waals surface area contributed by atoms with Gasteiger partial charge in [-0.05, 0) is 31.9 Å². The normalized spacial score (nSPS) is 15.0. The molecular formula is C12H17N3. The Morgan fingerprint density at radius 2 is 2.33 bits per heavy atom. The van der Waals surface area contributed by atoms with Crippen molar-refractivity contribution in [2.45, 2.75) is 25.8 Å². The van der Waals surface area contributed by atoms with E-state index in [9.17, 15) is 0 Å². The number of anilines is 2. The summed E-state index contributed by atoms with van der Waals surface area (Å²) >= 11 is 0. The molecule has 3 heteroatoms. The van der Waals surface area contributed by atoms with E-state index in [1.807, 2.05) is 25.1 Å². The van der Waals surface area contributed by atoms with Gasteiger partial charge in [-0.25, -0.2) is 4.98 Å². The number of hydrogen-bond donors (Lipinski definition) is 1. The Hall–Kier alpha value is -1.51. The maximum absolute atomic E-state index is 5.75. The second-order valence-corrected chi connectivity index (χ2v) is 4.02. The summed E-state index contributed by atoms with van der Waals surface area (Å²) in [4.78, 5) is 6.80. The molecule has 1 heterocycles. The van der Waals surface area contributed by atoms with Gasteiger partial charge in [0.2, 0.25) is 0 Å².